The second kappa shape index (κ2) is 12.2. The molecule has 178 valence electrons. The Kier molecular flexibility index (Phi) is 9.33. The molecule has 0 aromatic carbocycles. The van der Waals surface area contributed by atoms with E-state index >= 15 is 0 Å². The number of fused-ring (bicyclic) bond motifs is 1. The lowest BCUT2D eigenvalue weighted by molar-refractivity contribution is -0.142. The zero-order valence-electron chi connectivity index (χ0n) is 19.7. The molecule has 1 amide bonds. The fourth-order valence-electron chi connectivity index (χ4n) is 4.31. The molecule has 3 rings (SSSR count). The Morgan fingerprint density at radius 1 is 1.28 bits per heavy atom. The molecule has 1 saturated carbocycles. The van der Waals surface area contributed by atoms with Crippen molar-refractivity contribution < 1.29 is 14.7 Å². The Labute approximate surface area is 192 Å². The Morgan fingerprint density at radius 2 is 2.09 bits per heavy atom. The lowest BCUT2D eigenvalue weighted by atomic mass is 10.0. The van der Waals surface area contributed by atoms with Crippen molar-refractivity contribution in [1.82, 2.24) is 15.2 Å². The number of carboxylic acids is 1. The molecule has 0 bridgehead atoms. The molecule has 2 heterocycles. The summed E-state index contributed by atoms with van der Waals surface area (Å²) in [6.45, 7) is 6.75. The normalized spacial score (nSPS) is 17.3. The SMILES string of the molecule is CCC(C)CC(=O)NC(CCN(CCCCc1ccc2c(n1)NCCC2)C1CC1)C(=O)O. The van der Waals surface area contributed by atoms with Crippen LogP contribution in [0.3, 0.4) is 0 Å². The van der Waals surface area contributed by atoms with E-state index in [1.165, 1.54) is 24.8 Å². The van der Waals surface area contributed by atoms with Crippen molar-refractivity contribution in [3.05, 3.63) is 23.4 Å². The summed E-state index contributed by atoms with van der Waals surface area (Å²) >= 11 is 0. The van der Waals surface area contributed by atoms with Crippen molar-refractivity contribution in [2.24, 2.45) is 5.92 Å². The third kappa shape index (κ3) is 7.76. The first kappa shape index (κ1) is 24.5. The van der Waals surface area contributed by atoms with Crippen LogP contribution < -0.4 is 10.6 Å². The minimum absolute atomic E-state index is 0.156. The van der Waals surface area contributed by atoms with Crippen LogP contribution in [0, 0.1) is 5.92 Å². The molecule has 2 unspecified atom stereocenters. The van der Waals surface area contributed by atoms with Gasteiger partial charge in [-0.15, -0.1) is 0 Å². The van der Waals surface area contributed by atoms with Gasteiger partial charge in [-0.2, -0.15) is 0 Å². The number of pyridine rings is 1. The summed E-state index contributed by atoms with van der Waals surface area (Å²) in [5.74, 6) is 0.235. The average Bonchev–Trinajstić information content (AvgIpc) is 3.62. The van der Waals surface area contributed by atoms with Crippen LogP contribution in [0.5, 0.6) is 0 Å². The number of aryl methyl sites for hydroxylation is 2. The summed E-state index contributed by atoms with van der Waals surface area (Å²) in [7, 11) is 0. The van der Waals surface area contributed by atoms with Crippen LogP contribution in [0.25, 0.3) is 0 Å². The van der Waals surface area contributed by atoms with Crippen LogP contribution in [0.2, 0.25) is 0 Å². The molecule has 2 aliphatic rings. The molecule has 1 aliphatic carbocycles. The predicted octanol–water partition coefficient (Wildman–Crippen LogP) is 3.62. The van der Waals surface area contributed by atoms with E-state index in [0.717, 1.165) is 56.7 Å². The molecule has 32 heavy (non-hydrogen) atoms. The number of hydrogen-bond donors (Lipinski definition) is 3. The van der Waals surface area contributed by atoms with E-state index in [1.807, 2.05) is 13.8 Å². The van der Waals surface area contributed by atoms with Gasteiger partial charge in [0.25, 0.3) is 0 Å². The van der Waals surface area contributed by atoms with Gasteiger partial charge in [-0.05, 0) is 75.5 Å². The van der Waals surface area contributed by atoms with Crippen molar-refractivity contribution in [2.75, 3.05) is 25.0 Å². The van der Waals surface area contributed by atoms with Crippen LogP contribution in [-0.2, 0) is 22.4 Å². The second-order valence-electron chi connectivity index (χ2n) is 9.53. The molecule has 2 atom stereocenters. The summed E-state index contributed by atoms with van der Waals surface area (Å²) in [4.78, 5) is 31.0. The Morgan fingerprint density at radius 3 is 2.81 bits per heavy atom. The summed E-state index contributed by atoms with van der Waals surface area (Å²) in [5, 5.41) is 15.7. The quantitative estimate of drug-likeness (QED) is 0.380. The van der Waals surface area contributed by atoms with Crippen molar-refractivity contribution >= 4 is 17.7 Å². The minimum Gasteiger partial charge on any atom is -0.480 e. The van der Waals surface area contributed by atoms with Crippen LogP contribution in [0.1, 0.15) is 76.5 Å². The number of unbranched alkanes of at least 4 members (excludes halogenated alkanes) is 1. The Bertz CT molecular complexity index is 766. The Hall–Kier alpha value is -2.15. The first-order chi connectivity index (χ1) is 15.5. The maximum Gasteiger partial charge on any atom is 0.326 e. The summed E-state index contributed by atoms with van der Waals surface area (Å²) < 4.78 is 0. The number of amides is 1. The van der Waals surface area contributed by atoms with Crippen LogP contribution in [-0.4, -0.2) is 58.6 Å². The average molecular weight is 445 g/mol. The van der Waals surface area contributed by atoms with Crippen molar-refractivity contribution in [3.8, 4) is 0 Å². The lowest BCUT2D eigenvalue weighted by Gasteiger charge is -2.24. The third-order valence-electron chi connectivity index (χ3n) is 6.71. The molecule has 7 heteroatoms. The maximum absolute atomic E-state index is 12.2. The van der Waals surface area contributed by atoms with E-state index in [4.69, 9.17) is 4.98 Å². The predicted molar refractivity (Wildman–Crippen MR) is 127 cm³/mol. The molecular weight excluding hydrogens is 404 g/mol. The minimum atomic E-state index is -0.939. The van der Waals surface area contributed by atoms with Gasteiger partial charge in [0.05, 0.1) is 0 Å². The topological polar surface area (TPSA) is 94.6 Å². The van der Waals surface area contributed by atoms with Gasteiger partial charge in [-0.1, -0.05) is 26.3 Å². The fraction of sp³-hybridized carbons (Fsp3) is 0.720. The first-order valence-corrected chi connectivity index (χ1v) is 12.4. The van der Waals surface area contributed by atoms with Crippen molar-refractivity contribution in [1.29, 1.82) is 0 Å². The van der Waals surface area contributed by atoms with Crippen LogP contribution in [0.4, 0.5) is 5.82 Å². The number of carbonyl (C=O) groups is 2. The molecular formula is C25H40N4O3. The number of aromatic nitrogens is 1. The zero-order valence-corrected chi connectivity index (χ0v) is 19.7. The second-order valence-corrected chi connectivity index (χ2v) is 9.53. The smallest absolute Gasteiger partial charge is 0.326 e. The molecule has 0 spiro atoms. The molecule has 0 radical (unpaired) electrons. The number of anilines is 1. The van der Waals surface area contributed by atoms with E-state index in [9.17, 15) is 14.7 Å². The van der Waals surface area contributed by atoms with Crippen LogP contribution in [0.15, 0.2) is 12.1 Å². The van der Waals surface area contributed by atoms with Gasteiger partial charge < -0.3 is 20.6 Å². The summed E-state index contributed by atoms with van der Waals surface area (Å²) in [6.07, 6.45) is 9.54. The summed E-state index contributed by atoms with van der Waals surface area (Å²) in [6, 6.07) is 4.14. The fourth-order valence-corrected chi connectivity index (χ4v) is 4.31. The number of nitrogens with zero attached hydrogens (tertiary/aromatic N) is 2. The van der Waals surface area contributed by atoms with Gasteiger partial charge in [-0.25, -0.2) is 9.78 Å². The number of hydrogen-bond acceptors (Lipinski definition) is 5. The highest BCUT2D eigenvalue weighted by molar-refractivity contribution is 5.83. The number of rotatable bonds is 14. The number of carbonyl (C=O) groups excluding carboxylic acids is 1. The van der Waals surface area contributed by atoms with Gasteiger partial charge in [0.1, 0.15) is 11.9 Å². The Balaban J connectivity index is 1.41. The van der Waals surface area contributed by atoms with Gasteiger partial charge in [0, 0.05) is 31.2 Å². The van der Waals surface area contributed by atoms with E-state index in [0.29, 0.717) is 25.4 Å². The van der Waals surface area contributed by atoms with E-state index in [1.54, 1.807) is 0 Å². The maximum atomic E-state index is 12.2. The standard InChI is InChI=1S/C25H40N4O3/c1-3-18(2)17-23(30)28-22(25(31)32)13-16-29(21-11-12-21)15-5-4-8-20-10-9-19-7-6-14-26-24(19)27-20/h9-10,18,21-22H,3-8,11-17H2,1-2H3,(H,26,27)(H,28,30)(H,31,32). The van der Waals surface area contributed by atoms with E-state index in [-0.39, 0.29) is 11.8 Å². The van der Waals surface area contributed by atoms with Gasteiger partial charge >= 0.3 is 5.97 Å². The molecule has 0 saturated heterocycles. The van der Waals surface area contributed by atoms with Crippen molar-refractivity contribution in [2.45, 2.75) is 90.1 Å². The molecule has 1 fully saturated rings. The highest BCUT2D eigenvalue weighted by atomic mass is 16.4. The largest absolute Gasteiger partial charge is 0.480 e. The summed E-state index contributed by atoms with van der Waals surface area (Å²) in [5.41, 5.74) is 2.47. The monoisotopic (exact) mass is 444 g/mol. The highest BCUT2D eigenvalue weighted by Crippen LogP contribution is 2.27. The zero-order chi connectivity index (χ0) is 22.9. The third-order valence-corrected chi connectivity index (χ3v) is 6.71. The molecule has 7 nitrogen and oxygen atoms in total. The van der Waals surface area contributed by atoms with Gasteiger partial charge in [0.15, 0.2) is 0 Å². The lowest BCUT2D eigenvalue weighted by Crippen LogP contribution is -2.43. The number of carboxylic acid groups (broad SMARTS) is 1. The molecule has 3 N–H and O–H groups in total. The number of nitrogens with one attached hydrogen (secondary N) is 2. The van der Waals surface area contributed by atoms with Gasteiger partial charge in [-0.3, -0.25) is 4.79 Å². The van der Waals surface area contributed by atoms with E-state index < -0.39 is 12.0 Å². The number of aliphatic carboxylic acids is 1. The first-order valence-electron chi connectivity index (χ1n) is 12.4. The molecule has 1 aromatic rings. The van der Waals surface area contributed by atoms with E-state index in [2.05, 4.69) is 27.7 Å². The van der Waals surface area contributed by atoms with Gasteiger partial charge in [0.2, 0.25) is 5.91 Å². The van der Waals surface area contributed by atoms with Crippen LogP contribution >= 0.6 is 0 Å². The van der Waals surface area contributed by atoms with Crippen molar-refractivity contribution in [3.63, 3.8) is 0 Å². The highest BCUT2D eigenvalue weighted by Gasteiger charge is 2.30. The molecule has 1 aromatic heterocycles. The molecule has 1 aliphatic heterocycles.